The molecule has 0 aliphatic carbocycles. The minimum absolute atomic E-state index is 0.601. The first-order valence-corrected chi connectivity index (χ1v) is 4.15. The molecule has 0 amide bonds. The van der Waals surface area contributed by atoms with Crippen molar-refractivity contribution in [2.75, 3.05) is 17.6 Å². The van der Waals surface area contributed by atoms with Gasteiger partial charge < -0.3 is 11.1 Å². The summed E-state index contributed by atoms with van der Waals surface area (Å²) in [6, 6.07) is 0. The first-order chi connectivity index (χ1) is 4.83. The fourth-order valence-electron chi connectivity index (χ4n) is 0.599. The van der Waals surface area contributed by atoms with Gasteiger partial charge in [0.25, 0.3) is 0 Å². The number of rotatable bonds is 3. The molecular formula is C6H11N3S. The summed E-state index contributed by atoms with van der Waals surface area (Å²) in [5.41, 5.74) is 5.41. The van der Waals surface area contributed by atoms with Crippen molar-refractivity contribution in [3.63, 3.8) is 0 Å². The summed E-state index contributed by atoms with van der Waals surface area (Å²) >= 11 is 1.54. The predicted molar refractivity (Wildman–Crippen MR) is 45.3 cm³/mol. The minimum Gasteiger partial charge on any atom is -0.383 e. The van der Waals surface area contributed by atoms with E-state index in [2.05, 4.69) is 17.2 Å². The maximum absolute atomic E-state index is 5.41. The van der Waals surface area contributed by atoms with E-state index < -0.39 is 0 Å². The fraction of sp³-hybridized carbons (Fsp3) is 0.500. The van der Waals surface area contributed by atoms with Gasteiger partial charge in [0.15, 0.2) is 5.13 Å². The SMILES string of the molecule is CCCNc1nc(N)cs1. The zero-order valence-corrected chi connectivity index (χ0v) is 6.74. The first-order valence-electron chi connectivity index (χ1n) is 3.28. The Morgan fingerprint density at radius 3 is 3.10 bits per heavy atom. The van der Waals surface area contributed by atoms with Crippen molar-refractivity contribution in [3.05, 3.63) is 5.38 Å². The lowest BCUT2D eigenvalue weighted by atomic mass is 10.5. The maximum Gasteiger partial charge on any atom is 0.184 e. The summed E-state index contributed by atoms with van der Waals surface area (Å²) in [5, 5.41) is 5.89. The van der Waals surface area contributed by atoms with Gasteiger partial charge in [-0.05, 0) is 6.42 Å². The van der Waals surface area contributed by atoms with Crippen LogP contribution in [0.25, 0.3) is 0 Å². The fourth-order valence-corrected chi connectivity index (χ4v) is 1.23. The highest BCUT2D eigenvalue weighted by Crippen LogP contribution is 2.15. The van der Waals surface area contributed by atoms with Gasteiger partial charge in [0.05, 0.1) is 0 Å². The zero-order valence-electron chi connectivity index (χ0n) is 5.92. The molecule has 3 N–H and O–H groups in total. The number of thiazole rings is 1. The molecule has 1 heterocycles. The molecule has 0 aliphatic heterocycles. The highest BCUT2D eigenvalue weighted by molar-refractivity contribution is 7.14. The lowest BCUT2D eigenvalue weighted by molar-refractivity contribution is 0.977. The van der Waals surface area contributed by atoms with Crippen LogP contribution in [0, 0.1) is 0 Å². The van der Waals surface area contributed by atoms with E-state index in [1.54, 1.807) is 11.3 Å². The molecule has 1 aromatic rings. The molecule has 4 heteroatoms. The molecule has 0 atom stereocenters. The van der Waals surface area contributed by atoms with Crippen molar-refractivity contribution in [1.29, 1.82) is 0 Å². The van der Waals surface area contributed by atoms with Gasteiger partial charge in [-0.3, -0.25) is 0 Å². The second-order valence-corrected chi connectivity index (χ2v) is 2.86. The zero-order chi connectivity index (χ0) is 7.40. The third-order valence-corrected chi connectivity index (χ3v) is 1.87. The smallest absolute Gasteiger partial charge is 0.184 e. The molecule has 0 saturated heterocycles. The second-order valence-electron chi connectivity index (χ2n) is 2.00. The number of hydrogen-bond acceptors (Lipinski definition) is 4. The van der Waals surface area contributed by atoms with Crippen LogP contribution < -0.4 is 11.1 Å². The minimum atomic E-state index is 0.601. The molecule has 0 radical (unpaired) electrons. The van der Waals surface area contributed by atoms with Crippen molar-refractivity contribution in [2.24, 2.45) is 0 Å². The van der Waals surface area contributed by atoms with Crippen LogP contribution >= 0.6 is 11.3 Å². The molecule has 3 nitrogen and oxygen atoms in total. The van der Waals surface area contributed by atoms with Crippen LogP contribution in [0.15, 0.2) is 5.38 Å². The van der Waals surface area contributed by atoms with Crippen molar-refractivity contribution in [1.82, 2.24) is 4.98 Å². The third kappa shape index (κ3) is 1.88. The van der Waals surface area contributed by atoms with E-state index >= 15 is 0 Å². The molecular weight excluding hydrogens is 146 g/mol. The molecule has 1 rings (SSSR count). The Labute approximate surface area is 64.3 Å². The van der Waals surface area contributed by atoms with Crippen LogP contribution in [0.1, 0.15) is 13.3 Å². The van der Waals surface area contributed by atoms with Gasteiger partial charge in [0, 0.05) is 11.9 Å². The largest absolute Gasteiger partial charge is 0.383 e. The van der Waals surface area contributed by atoms with Crippen LogP contribution in [0.4, 0.5) is 10.9 Å². The van der Waals surface area contributed by atoms with Gasteiger partial charge in [0.2, 0.25) is 0 Å². The molecule has 56 valence electrons. The summed E-state index contributed by atoms with van der Waals surface area (Å²) < 4.78 is 0. The standard InChI is InChI=1S/C6H11N3S/c1-2-3-8-6-9-5(7)4-10-6/h4H,2-3,7H2,1H3,(H,8,9). The average molecular weight is 157 g/mol. The van der Waals surface area contributed by atoms with E-state index in [-0.39, 0.29) is 0 Å². The summed E-state index contributed by atoms with van der Waals surface area (Å²) in [7, 11) is 0. The third-order valence-electron chi connectivity index (χ3n) is 1.05. The van der Waals surface area contributed by atoms with Crippen molar-refractivity contribution < 1.29 is 0 Å². The molecule has 0 aliphatic rings. The van der Waals surface area contributed by atoms with E-state index in [4.69, 9.17) is 5.73 Å². The highest BCUT2D eigenvalue weighted by Gasteiger charge is 1.94. The van der Waals surface area contributed by atoms with Gasteiger partial charge in [-0.2, -0.15) is 0 Å². The van der Waals surface area contributed by atoms with Gasteiger partial charge in [-0.1, -0.05) is 6.92 Å². The number of nitrogens with zero attached hydrogens (tertiary/aromatic N) is 1. The second kappa shape index (κ2) is 3.41. The van der Waals surface area contributed by atoms with E-state index in [0.29, 0.717) is 5.82 Å². The van der Waals surface area contributed by atoms with Crippen molar-refractivity contribution in [3.8, 4) is 0 Å². The van der Waals surface area contributed by atoms with Crippen molar-refractivity contribution in [2.45, 2.75) is 13.3 Å². The van der Waals surface area contributed by atoms with E-state index in [1.165, 1.54) is 0 Å². The summed E-state index contributed by atoms with van der Waals surface area (Å²) in [5.74, 6) is 0.601. The van der Waals surface area contributed by atoms with Gasteiger partial charge in [0.1, 0.15) is 5.82 Å². The summed E-state index contributed by atoms with van der Waals surface area (Å²) in [4.78, 5) is 4.03. The number of nitrogens with two attached hydrogens (primary N) is 1. The average Bonchev–Trinajstić information content (AvgIpc) is 2.31. The van der Waals surface area contributed by atoms with Crippen LogP contribution in [-0.2, 0) is 0 Å². The molecule has 1 aromatic heterocycles. The van der Waals surface area contributed by atoms with Gasteiger partial charge in [-0.25, -0.2) is 4.98 Å². The van der Waals surface area contributed by atoms with Crippen molar-refractivity contribution >= 4 is 22.3 Å². The van der Waals surface area contributed by atoms with E-state index in [9.17, 15) is 0 Å². The van der Waals surface area contributed by atoms with E-state index in [0.717, 1.165) is 18.1 Å². The molecule has 0 fully saturated rings. The molecule has 0 spiro atoms. The topological polar surface area (TPSA) is 50.9 Å². The number of hydrogen-bond donors (Lipinski definition) is 2. The molecule has 10 heavy (non-hydrogen) atoms. The number of nitrogen functional groups attached to an aromatic ring is 1. The predicted octanol–water partition coefficient (Wildman–Crippen LogP) is 1.55. The number of aromatic nitrogens is 1. The van der Waals surface area contributed by atoms with Gasteiger partial charge >= 0.3 is 0 Å². The Morgan fingerprint density at radius 1 is 1.80 bits per heavy atom. The quantitative estimate of drug-likeness (QED) is 0.700. The van der Waals surface area contributed by atoms with E-state index in [1.807, 2.05) is 5.38 Å². The Hall–Kier alpha value is -0.770. The monoisotopic (exact) mass is 157 g/mol. The van der Waals surface area contributed by atoms with Crippen LogP contribution in [-0.4, -0.2) is 11.5 Å². The molecule has 0 bridgehead atoms. The highest BCUT2D eigenvalue weighted by atomic mass is 32.1. The molecule has 0 saturated carbocycles. The Balaban J connectivity index is 2.42. The molecule has 0 unspecified atom stereocenters. The lowest BCUT2D eigenvalue weighted by Crippen LogP contribution is -1.98. The first kappa shape index (κ1) is 7.34. The van der Waals surface area contributed by atoms with Crippen LogP contribution in [0.5, 0.6) is 0 Å². The summed E-state index contributed by atoms with van der Waals surface area (Å²) in [6.07, 6.45) is 1.11. The maximum atomic E-state index is 5.41. The Bertz CT molecular complexity index is 197. The summed E-state index contributed by atoms with van der Waals surface area (Å²) in [6.45, 7) is 3.08. The number of anilines is 2. The molecule has 0 aromatic carbocycles. The Kier molecular flexibility index (Phi) is 2.50. The van der Waals surface area contributed by atoms with Crippen LogP contribution in [0.3, 0.4) is 0 Å². The number of nitrogens with one attached hydrogen (secondary N) is 1. The van der Waals surface area contributed by atoms with Crippen LogP contribution in [0.2, 0.25) is 0 Å². The lowest BCUT2D eigenvalue weighted by Gasteiger charge is -1.95. The van der Waals surface area contributed by atoms with Gasteiger partial charge in [-0.15, -0.1) is 11.3 Å². The Morgan fingerprint density at radius 2 is 2.60 bits per heavy atom. The normalized spacial score (nSPS) is 9.70.